The fourth-order valence-corrected chi connectivity index (χ4v) is 6.70. The van der Waals surface area contributed by atoms with E-state index in [1.54, 1.807) is 4.90 Å². The van der Waals surface area contributed by atoms with Gasteiger partial charge in [0.05, 0.1) is 11.0 Å². The number of rotatable bonds is 7. The Morgan fingerprint density at radius 1 is 1.00 bits per heavy atom. The van der Waals surface area contributed by atoms with E-state index in [4.69, 9.17) is 0 Å². The van der Waals surface area contributed by atoms with E-state index in [2.05, 4.69) is 10.6 Å². The SMILES string of the molecule is CN[C@@H]1CC[C@H](C(=O)NC(Cc2ccc(C(F)(F)F)cc2)C(=O)N2CCC(N3C(=O)C(C)(C)c4ccccc43)CC2)C1. The second-order valence-electron chi connectivity index (χ2n) is 12.3. The maximum Gasteiger partial charge on any atom is 0.416 e. The van der Waals surface area contributed by atoms with Crippen LogP contribution in [0.4, 0.5) is 18.9 Å². The van der Waals surface area contributed by atoms with Crippen LogP contribution in [0.15, 0.2) is 48.5 Å². The van der Waals surface area contributed by atoms with Gasteiger partial charge in [-0.05, 0) is 82.3 Å². The van der Waals surface area contributed by atoms with Crippen molar-refractivity contribution in [3.05, 3.63) is 65.2 Å². The number of benzene rings is 2. The van der Waals surface area contributed by atoms with Crippen LogP contribution in [0.5, 0.6) is 0 Å². The van der Waals surface area contributed by atoms with Gasteiger partial charge in [0.2, 0.25) is 17.7 Å². The summed E-state index contributed by atoms with van der Waals surface area (Å²) in [4.78, 5) is 44.1. The Balaban J connectivity index is 1.29. The van der Waals surface area contributed by atoms with Crippen molar-refractivity contribution in [2.24, 2.45) is 5.92 Å². The van der Waals surface area contributed by atoms with E-state index in [-0.39, 0.29) is 42.1 Å². The number of hydrogen-bond acceptors (Lipinski definition) is 4. The first kappa shape index (κ1) is 30.1. The van der Waals surface area contributed by atoms with E-state index in [0.29, 0.717) is 44.3 Å². The minimum absolute atomic E-state index is 0.0515. The molecule has 2 aromatic rings. The highest BCUT2D eigenvalue weighted by Gasteiger charge is 2.47. The lowest BCUT2D eigenvalue weighted by atomic mass is 9.86. The number of hydrogen-bond donors (Lipinski definition) is 2. The molecule has 2 fully saturated rings. The largest absolute Gasteiger partial charge is 0.416 e. The molecule has 1 unspecified atom stereocenters. The Labute approximate surface area is 244 Å². The van der Waals surface area contributed by atoms with Gasteiger partial charge in [-0.25, -0.2) is 0 Å². The third-order valence-corrected chi connectivity index (χ3v) is 9.28. The molecule has 5 rings (SSSR count). The van der Waals surface area contributed by atoms with Gasteiger partial charge in [-0.1, -0.05) is 30.3 Å². The number of anilines is 1. The Morgan fingerprint density at radius 2 is 1.67 bits per heavy atom. The van der Waals surface area contributed by atoms with Gasteiger partial charge < -0.3 is 20.4 Å². The number of carbonyl (C=O) groups excluding carboxylic acids is 3. The second kappa shape index (κ2) is 11.7. The lowest BCUT2D eigenvalue weighted by Crippen LogP contribution is -2.55. The molecular formula is C32H39F3N4O3. The molecule has 0 radical (unpaired) electrons. The van der Waals surface area contributed by atoms with Crippen molar-refractivity contribution in [2.45, 2.75) is 82.1 Å². The van der Waals surface area contributed by atoms with E-state index in [0.717, 1.165) is 29.8 Å². The molecule has 1 saturated heterocycles. The van der Waals surface area contributed by atoms with Crippen molar-refractivity contribution in [3.8, 4) is 0 Å². The fourth-order valence-electron chi connectivity index (χ4n) is 6.70. The molecule has 2 aromatic carbocycles. The van der Waals surface area contributed by atoms with E-state index in [1.165, 1.54) is 12.1 Å². The van der Waals surface area contributed by atoms with Gasteiger partial charge in [0.1, 0.15) is 6.04 Å². The van der Waals surface area contributed by atoms with E-state index >= 15 is 0 Å². The molecule has 7 nitrogen and oxygen atoms in total. The number of para-hydroxylation sites is 1. The molecule has 3 atom stereocenters. The number of carbonyl (C=O) groups is 3. The smallest absolute Gasteiger partial charge is 0.344 e. The molecule has 3 amide bonds. The number of alkyl halides is 3. The first-order chi connectivity index (χ1) is 19.9. The molecule has 2 heterocycles. The molecule has 0 aromatic heterocycles. The lowest BCUT2D eigenvalue weighted by molar-refractivity contribution is -0.138. The summed E-state index contributed by atoms with van der Waals surface area (Å²) < 4.78 is 39.3. The summed E-state index contributed by atoms with van der Waals surface area (Å²) in [5, 5.41) is 6.15. The van der Waals surface area contributed by atoms with Gasteiger partial charge in [-0.2, -0.15) is 13.2 Å². The van der Waals surface area contributed by atoms with Crippen molar-refractivity contribution >= 4 is 23.4 Å². The Hall–Kier alpha value is -3.40. The predicted molar refractivity (Wildman–Crippen MR) is 154 cm³/mol. The minimum atomic E-state index is -4.45. The molecule has 2 aliphatic heterocycles. The molecular weight excluding hydrogens is 545 g/mol. The van der Waals surface area contributed by atoms with Crippen LogP contribution in [0.1, 0.15) is 62.6 Å². The monoisotopic (exact) mass is 584 g/mol. The molecule has 0 bridgehead atoms. The fraction of sp³-hybridized carbons (Fsp3) is 0.531. The standard InChI is InChI=1S/C32H39F3N4O3/c1-31(2)25-6-4-5-7-27(25)39(30(31)42)24-14-16-38(17-15-24)29(41)26(37-28(40)21-10-13-23(19-21)36-3)18-20-8-11-22(12-9-20)32(33,34)35/h4-9,11-12,21,23-24,26,36H,10,13-19H2,1-3H3,(H,37,40)/t21-,23+,26?/m0/s1. The third kappa shape index (κ3) is 5.91. The highest BCUT2D eigenvalue weighted by Crippen LogP contribution is 2.43. The number of piperidine rings is 1. The van der Waals surface area contributed by atoms with Crippen LogP contribution in [0.25, 0.3) is 0 Å². The first-order valence-electron chi connectivity index (χ1n) is 14.8. The number of amides is 3. The molecule has 226 valence electrons. The first-order valence-corrected chi connectivity index (χ1v) is 14.8. The van der Waals surface area contributed by atoms with Crippen molar-refractivity contribution in [3.63, 3.8) is 0 Å². The average molecular weight is 585 g/mol. The number of nitrogens with zero attached hydrogens (tertiary/aromatic N) is 2. The van der Waals surface area contributed by atoms with Crippen LogP contribution >= 0.6 is 0 Å². The van der Waals surface area contributed by atoms with Crippen molar-refractivity contribution in [2.75, 3.05) is 25.0 Å². The number of halogens is 3. The molecule has 10 heteroatoms. The second-order valence-corrected chi connectivity index (χ2v) is 12.3. The zero-order chi connectivity index (χ0) is 30.2. The maximum absolute atomic E-state index is 13.8. The Morgan fingerprint density at radius 3 is 2.29 bits per heavy atom. The summed E-state index contributed by atoms with van der Waals surface area (Å²) in [6.07, 6.45) is -0.913. The summed E-state index contributed by atoms with van der Waals surface area (Å²) in [7, 11) is 1.86. The van der Waals surface area contributed by atoms with Gasteiger partial charge in [0, 0.05) is 43.2 Å². The molecule has 1 aliphatic carbocycles. The normalized spacial score (nSPS) is 23.1. The van der Waals surface area contributed by atoms with Gasteiger partial charge >= 0.3 is 6.18 Å². The Bertz CT molecular complexity index is 1320. The zero-order valence-corrected chi connectivity index (χ0v) is 24.3. The zero-order valence-electron chi connectivity index (χ0n) is 24.3. The summed E-state index contributed by atoms with van der Waals surface area (Å²) in [6.45, 7) is 4.70. The summed E-state index contributed by atoms with van der Waals surface area (Å²) in [5.41, 5.74) is 1.08. The van der Waals surface area contributed by atoms with E-state index in [9.17, 15) is 27.6 Å². The number of likely N-dealkylation sites (tertiary alicyclic amines) is 1. The van der Waals surface area contributed by atoms with Gasteiger partial charge in [0.15, 0.2) is 0 Å². The van der Waals surface area contributed by atoms with Crippen LogP contribution in [-0.4, -0.2) is 60.9 Å². The molecule has 2 N–H and O–H groups in total. The summed E-state index contributed by atoms with van der Waals surface area (Å²) in [6, 6.07) is 11.9. The number of nitrogens with one attached hydrogen (secondary N) is 2. The quantitative estimate of drug-likeness (QED) is 0.505. The molecule has 3 aliphatic rings. The maximum atomic E-state index is 13.8. The van der Waals surface area contributed by atoms with Crippen LogP contribution in [0, 0.1) is 5.92 Å². The van der Waals surface area contributed by atoms with Crippen LogP contribution in [0.2, 0.25) is 0 Å². The predicted octanol–water partition coefficient (Wildman–Crippen LogP) is 4.44. The third-order valence-electron chi connectivity index (χ3n) is 9.28. The Kier molecular flexibility index (Phi) is 8.38. The highest BCUT2D eigenvalue weighted by molar-refractivity contribution is 6.08. The van der Waals surface area contributed by atoms with Gasteiger partial charge in [-0.15, -0.1) is 0 Å². The highest BCUT2D eigenvalue weighted by atomic mass is 19.4. The minimum Gasteiger partial charge on any atom is -0.344 e. The molecule has 1 saturated carbocycles. The molecule has 42 heavy (non-hydrogen) atoms. The van der Waals surface area contributed by atoms with Crippen molar-refractivity contribution < 1.29 is 27.6 Å². The van der Waals surface area contributed by atoms with Crippen LogP contribution in [0.3, 0.4) is 0 Å². The van der Waals surface area contributed by atoms with E-state index in [1.807, 2.05) is 50.1 Å². The van der Waals surface area contributed by atoms with Crippen LogP contribution in [-0.2, 0) is 32.4 Å². The summed E-state index contributed by atoms with van der Waals surface area (Å²) in [5.74, 6) is -0.620. The van der Waals surface area contributed by atoms with E-state index < -0.39 is 23.2 Å². The van der Waals surface area contributed by atoms with Crippen molar-refractivity contribution in [1.82, 2.24) is 15.5 Å². The summed E-state index contributed by atoms with van der Waals surface area (Å²) >= 11 is 0. The van der Waals surface area contributed by atoms with Crippen LogP contribution < -0.4 is 15.5 Å². The van der Waals surface area contributed by atoms with Gasteiger partial charge in [-0.3, -0.25) is 14.4 Å². The molecule has 0 spiro atoms. The van der Waals surface area contributed by atoms with Gasteiger partial charge in [0.25, 0.3) is 0 Å². The topological polar surface area (TPSA) is 81.8 Å². The van der Waals surface area contributed by atoms with Crippen molar-refractivity contribution in [1.29, 1.82) is 0 Å². The lowest BCUT2D eigenvalue weighted by Gasteiger charge is -2.39. The number of fused-ring (bicyclic) bond motifs is 1. The average Bonchev–Trinajstić information content (AvgIpc) is 3.53.